The fourth-order valence-corrected chi connectivity index (χ4v) is 4.35. The second-order valence-electron chi connectivity index (χ2n) is 7.95. The minimum absolute atomic E-state index is 0.0990. The van der Waals surface area contributed by atoms with Crippen molar-refractivity contribution in [1.82, 2.24) is 5.32 Å². The molecule has 2 aromatic carbocycles. The lowest BCUT2D eigenvalue weighted by Gasteiger charge is -2.17. The fourth-order valence-electron chi connectivity index (χ4n) is 4.35. The van der Waals surface area contributed by atoms with Crippen molar-refractivity contribution in [3.63, 3.8) is 0 Å². The van der Waals surface area contributed by atoms with E-state index < -0.39 is 18.1 Å². The van der Waals surface area contributed by atoms with Gasteiger partial charge in [0.05, 0.1) is 12.5 Å². The van der Waals surface area contributed by atoms with Gasteiger partial charge < -0.3 is 19.9 Å². The molecule has 2 aliphatic rings. The fraction of sp³-hybridized carbons (Fsp3) is 0.375. The molecule has 3 unspecified atom stereocenters. The number of fused-ring (bicyclic) bond motifs is 3. The molecule has 4 rings (SSSR count). The van der Waals surface area contributed by atoms with Crippen LogP contribution in [0.25, 0.3) is 11.1 Å². The van der Waals surface area contributed by atoms with Crippen LogP contribution in [0.5, 0.6) is 0 Å². The molecule has 162 valence electrons. The Morgan fingerprint density at radius 2 is 1.65 bits per heavy atom. The SMILES string of the molecule is CCOC(=O)C1CC1CC(NC(=O)OCC1c2ccccc2-c2ccccc21)C(=O)O. The summed E-state index contributed by atoms with van der Waals surface area (Å²) in [7, 11) is 0. The van der Waals surface area contributed by atoms with E-state index >= 15 is 0 Å². The highest BCUT2D eigenvalue weighted by atomic mass is 16.5. The Labute approximate surface area is 180 Å². The molecule has 0 radical (unpaired) electrons. The number of alkyl carbamates (subject to hydrolysis) is 1. The van der Waals surface area contributed by atoms with E-state index in [2.05, 4.69) is 5.32 Å². The number of rotatable bonds is 8. The molecular weight excluding hydrogens is 398 g/mol. The molecular formula is C24H25NO6. The minimum Gasteiger partial charge on any atom is -0.480 e. The van der Waals surface area contributed by atoms with Gasteiger partial charge in [0.2, 0.25) is 0 Å². The van der Waals surface area contributed by atoms with Crippen molar-refractivity contribution in [3.8, 4) is 11.1 Å². The normalized spacial score (nSPS) is 19.6. The number of aliphatic carboxylic acids is 1. The van der Waals surface area contributed by atoms with Crippen LogP contribution in [0.3, 0.4) is 0 Å². The Balaban J connectivity index is 1.35. The van der Waals surface area contributed by atoms with E-state index in [1.54, 1.807) is 6.92 Å². The van der Waals surface area contributed by atoms with Crippen molar-refractivity contribution in [1.29, 1.82) is 0 Å². The van der Waals surface area contributed by atoms with Crippen LogP contribution in [0.4, 0.5) is 4.79 Å². The van der Waals surface area contributed by atoms with Gasteiger partial charge in [0.15, 0.2) is 0 Å². The molecule has 1 amide bonds. The molecule has 1 saturated carbocycles. The predicted molar refractivity (Wildman–Crippen MR) is 112 cm³/mol. The van der Waals surface area contributed by atoms with E-state index in [9.17, 15) is 19.5 Å². The van der Waals surface area contributed by atoms with Gasteiger partial charge in [-0.2, -0.15) is 0 Å². The topological polar surface area (TPSA) is 102 Å². The Morgan fingerprint density at radius 3 is 2.23 bits per heavy atom. The highest BCUT2D eigenvalue weighted by Crippen LogP contribution is 2.45. The highest BCUT2D eigenvalue weighted by Gasteiger charge is 2.46. The number of carbonyl (C=O) groups is 3. The molecule has 2 aromatic rings. The van der Waals surface area contributed by atoms with Crippen molar-refractivity contribution >= 4 is 18.0 Å². The molecule has 3 atom stereocenters. The average molecular weight is 423 g/mol. The van der Waals surface area contributed by atoms with Crippen LogP contribution in [0, 0.1) is 11.8 Å². The van der Waals surface area contributed by atoms with Crippen LogP contribution in [0.2, 0.25) is 0 Å². The van der Waals surface area contributed by atoms with Crippen molar-refractivity contribution in [2.24, 2.45) is 11.8 Å². The summed E-state index contributed by atoms with van der Waals surface area (Å²) in [4.78, 5) is 35.7. The monoisotopic (exact) mass is 423 g/mol. The predicted octanol–water partition coefficient (Wildman–Crippen LogP) is 3.57. The number of nitrogens with one attached hydrogen (secondary N) is 1. The van der Waals surface area contributed by atoms with E-state index in [-0.39, 0.29) is 36.8 Å². The summed E-state index contributed by atoms with van der Waals surface area (Å²) >= 11 is 0. The van der Waals surface area contributed by atoms with E-state index in [1.807, 2.05) is 48.5 Å². The maximum absolute atomic E-state index is 12.4. The maximum atomic E-state index is 12.4. The molecule has 0 saturated heterocycles. The van der Waals surface area contributed by atoms with Crippen molar-refractivity contribution < 1.29 is 29.0 Å². The number of carboxylic acids is 1. The first-order valence-electron chi connectivity index (χ1n) is 10.5. The Morgan fingerprint density at radius 1 is 1.03 bits per heavy atom. The van der Waals surface area contributed by atoms with Gasteiger partial charge in [-0.05, 0) is 47.9 Å². The largest absolute Gasteiger partial charge is 0.480 e. The van der Waals surface area contributed by atoms with E-state index in [4.69, 9.17) is 9.47 Å². The van der Waals surface area contributed by atoms with Crippen molar-refractivity contribution in [3.05, 3.63) is 59.7 Å². The average Bonchev–Trinajstić information content (AvgIpc) is 3.46. The van der Waals surface area contributed by atoms with Gasteiger partial charge in [0.25, 0.3) is 0 Å². The number of amides is 1. The van der Waals surface area contributed by atoms with E-state index in [0.29, 0.717) is 13.0 Å². The molecule has 0 spiro atoms. The van der Waals surface area contributed by atoms with Crippen LogP contribution in [-0.4, -0.2) is 42.4 Å². The Kier molecular flexibility index (Phi) is 5.93. The van der Waals surface area contributed by atoms with Crippen molar-refractivity contribution in [2.45, 2.75) is 31.7 Å². The maximum Gasteiger partial charge on any atom is 0.407 e. The lowest BCUT2D eigenvalue weighted by molar-refractivity contribution is -0.145. The van der Waals surface area contributed by atoms with Crippen LogP contribution >= 0.6 is 0 Å². The zero-order valence-corrected chi connectivity index (χ0v) is 17.2. The zero-order chi connectivity index (χ0) is 22.0. The van der Waals surface area contributed by atoms with Crippen LogP contribution in [-0.2, 0) is 19.1 Å². The molecule has 0 aromatic heterocycles. The first kappa shape index (κ1) is 20.9. The number of hydrogen-bond donors (Lipinski definition) is 2. The molecule has 2 aliphatic carbocycles. The summed E-state index contributed by atoms with van der Waals surface area (Å²) in [5.74, 6) is -1.95. The van der Waals surface area contributed by atoms with Gasteiger partial charge >= 0.3 is 18.0 Å². The summed E-state index contributed by atoms with van der Waals surface area (Å²) in [5.41, 5.74) is 4.41. The number of esters is 1. The summed E-state index contributed by atoms with van der Waals surface area (Å²) < 4.78 is 10.4. The first-order chi connectivity index (χ1) is 15.0. The number of benzene rings is 2. The van der Waals surface area contributed by atoms with E-state index in [0.717, 1.165) is 22.3 Å². The molecule has 31 heavy (non-hydrogen) atoms. The number of carbonyl (C=O) groups excluding carboxylic acids is 2. The van der Waals surface area contributed by atoms with Crippen molar-refractivity contribution in [2.75, 3.05) is 13.2 Å². The molecule has 1 fully saturated rings. The third kappa shape index (κ3) is 4.40. The number of hydrogen-bond acceptors (Lipinski definition) is 5. The standard InChI is InChI=1S/C24H25NO6/c1-2-30-23(28)19-11-14(19)12-21(22(26)27)25-24(29)31-13-20-17-9-5-3-7-15(17)16-8-4-6-10-18(16)20/h3-10,14,19-21H,2,11-13H2,1H3,(H,25,29)(H,26,27). The van der Waals surface area contributed by atoms with Gasteiger partial charge in [0, 0.05) is 5.92 Å². The molecule has 7 heteroatoms. The number of ether oxygens (including phenoxy) is 2. The second-order valence-corrected chi connectivity index (χ2v) is 7.95. The van der Waals surface area contributed by atoms with Gasteiger partial charge in [-0.15, -0.1) is 0 Å². The number of carboxylic acid groups (broad SMARTS) is 1. The third-order valence-electron chi connectivity index (χ3n) is 5.98. The third-order valence-corrected chi connectivity index (χ3v) is 5.98. The quantitative estimate of drug-likeness (QED) is 0.630. The minimum atomic E-state index is -1.15. The van der Waals surface area contributed by atoms with Gasteiger partial charge in [-0.1, -0.05) is 48.5 Å². The molecule has 0 heterocycles. The molecule has 0 aliphatic heterocycles. The summed E-state index contributed by atoms with van der Waals surface area (Å²) in [5, 5.41) is 11.9. The Hall–Kier alpha value is -3.35. The van der Waals surface area contributed by atoms with Gasteiger partial charge in [-0.3, -0.25) is 4.79 Å². The van der Waals surface area contributed by atoms with Gasteiger partial charge in [0.1, 0.15) is 12.6 Å². The molecule has 7 nitrogen and oxygen atoms in total. The summed E-state index contributed by atoms with van der Waals surface area (Å²) in [6.07, 6.45) is -0.0274. The molecule has 2 N–H and O–H groups in total. The first-order valence-corrected chi connectivity index (χ1v) is 10.5. The smallest absolute Gasteiger partial charge is 0.407 e. The summed E-state index contributed by atoms with van der Waals surface area (Å²) in [6.45, 7) is 2.14. The zero-order valence-electron chi connectivity index (χ0n) is 17.2. The van der Waals surface area contributed by atoms with E-state index in [1.165, 1.54) is 0 Å². The van der Waals surface area contributed by atoms with Crippen LogP contribution in [0.1, 0.15) is 36.8 Å². The van der Waals surface area contributed by atoms with Gasteiger partial charge in [-0.25, -0.2) is 9.59 Å². The molecule has 0 bridgehead atoms. The second kappa shape index (κ2) is 8.79. The summed E-state index contributed by atoms with van der Waals surface area (Å²) in [6, 6.07) is 14.9. The Bertz CT molecular complexity index is 958. The lowest BCUT2D eigenvalue weighted by atomic mass is 9.98. The van der Waals surface area contributed by atoms with Crippen LogP contribution in [0.15, 0.2) is 48.5 Å². The van der Waals surface area contributed by atoms with Crippen LogP contribution < -0.4 is 5.32 Å². The lowest BCUT2D eigenvalue weighted by Crippen LogP contribution is -2.42. The highest BCUT2D eigenvalue weighted by molar-refractivity contribution is 5.81.